The Hall–Kier alpha value is -2.87. The fraction of sp³-hybridized carbons (Fsp3) is 0.391. The third kappa shape index (κ3) is 3.20. The first-order valence-electron chi connectivity index (χ1n) is 10.2. The molecular weight excluding hydrogens is 416 g/mol. The summed E-state index contributed by atoms with van der Waals surface area (Å²) in [6.45, 7) is 5.84. The molecule has 7 nitrogen and oxygen atoms in total. The summed E-state index contributed by atoms with van der Waals surface area (Å²) in [5.74, 6) is -0.192. The van der Waals surface area contributed by atoms with Crippen LogP contribution in [-0.2, 0) is 19.6 Å². The molecule has 2 aliphatic rings. The topological polar surface area (TPSA) is 92.8 Å². The van der Waals surface area contributed by atoms with E-state index in [4.69, 9.17) is 4.74 Å². The summed E-state index contributed by atoms with van der Waals surface area (Å²) in [6, 6.07) is 12.5. The number of fused-ring (bicyclic) bond motifs is 2. The number of hydrogen-bond donors (Lipinski definition) is 1. The predicted molar refractivity (Wildman–Crippen MR) is 117 cm³/mol. The van der Waals surface area contributed by atoms with Gasteiger partial charge in [-0.3, -0.25) is 14.3 Å². The third-order valence-corrected chi connectivity index (χ3v) is 8.53. The van der Waals surface area contributed by atoms with Crippen LogP contribution in [0.5, 0.6) is 5.75 Å². The number of methoxy groups -OCH3 is 1. The van der Waals surface area contributed by atoms with Gasteiger partial charge in [-0.05, 0) is 60.7 Å². The quantitative estimate of drug-likeness (QED) is 0.711. The smallest absolute Gasteiger partial charge is 0.261 e. The molecule has 1 saturated heterocycles. The predicted octanol–water partition coefficient (Wildman–Crippen LogP) is 3.81. The molecular formula is C23H26N2O5S. The highest BCUT2D eigenvalue weighted by Crippen LogP contribution is 2.60. The van der Waals surface area contributed by atoms with E-state index in [0.29, 0.717) is 24.3 Å². The molecule has 4 rings (SSSR count). The van der Waals surface area contributed by atoms with Gasteiger partial charge >= 0.3 is 0 Å². The normalized spacial score (nSPS) is 24.9. The lowest BCUT2D eigenvalue weighted by atomic mass is 9.62. The summed E-state index contributed by atoms with van der Waals surface area (Å²) in [4.78, 5) is 27.7. The minimum Gasteiger partial charge on any atom is -0.497 e. The van der Waals surface area contributed by atoms with Crippen molar-refractivity contribution < 1.29 is 22.7 Å². The molecule has 164 valence electrons. The van der Waals surface area contributed by atoms with Crippen molar-refractivity contribution in [2.24, 2.45) is 16.7 Å². The van der Waals surface area contributed by atoms with E-state index in [9.17, 15) is 18.0 Å². The molecule has 0 unspecified atom stereocenters. The molecule has 1 N–H and O–H groups in total. The SMILES string of the molecule is COc1ccc(NS(=O)(=O)c2cccc(N3C(=O)[C@H]4CC[C@@](C)(C3=O)C4(C)C)c2)cc1. The van der Waals surface area contributed by atoms with Crippen LogP contribution in [0, 0.1) is 16.7 Å². The highest BCUT2D eigenvalue weighted by atomic mass is 32.2. The summed E-state index contributed by atoms with van der Waals surface area (Å²) in [7, 11) is -2.39. The zero-order chi connectivity index (χ0) is 22.6. The molecule has 2 aromatic rings. The zero-order valence-corrected chi connectivity index (χ0v) is 18.8. The zero-order valence-electron chi connectivity index (χ0n) is 18.0. The maximum absolute atomic E-state index is 13.4. The molecule has 31 heavy (non-hydrogen) atoms. The molecule has 1 heterocycles. The van der Waals surface area contributed by atoms with Gasteiger partial charge in [0, 0.05) is 11.6 Å². The summed E-state index contributed by atoms with van der Waals surface area (Å²) in [5, 5.41) is 0. The van der Waals surface area contributed by atoms with E-state index in [-0.39, 0.29) is 28.3 Å². The Morgan fingerprint density at radius 3 is 2.39 bits per heavy atom. The van der Waals surface area contributed by atoms with Gasteiger partial charge in [0.1, 0.15) is 5.75 Å². The second-order valence-corrected chi connectivity index (χ2v) is 10.6. The minimum absolute atomic E-state index is 0.0243. The van der Waals surface area contributed by atoms with E-state index >= 15 is 0 Å². The lowest BCUT2D eigenvalue weighted by Crippen LogP contribution is -2.59. The molecule has 2 atom stereocenters. The van der Waals surface area contributed by atoms with Crippen molar-refractivity contribution in [2.45, 2.75) is 38.5 Å². The van der Waals surface area contributed by atoms with Gasteiger partial charge in [0.25, 0.3) is 10.0 Å². The molecule has 2 fully saturated rings. The molecule has 1 aliphatic heterocycles. The van der Waals surface area contributed by atoms with Gasteiger partial charge < -0.3 is 4.74 Å². The Kier molecular flexibility index (Phi) is 4.88. The van der Waals surface area contributed by atoms with E-state index in [1.165, 1.54) is 24.1 Å². The van der Waals surface area contributed by atoms with Crippen LogP contribution in [0.3, 0.4) is 0 Å². The van der Waals surface area contributed by atoms with Crippen molar-refractivity contribution in [1.29, 1.82) is 0 Å². The molecule has 2 amide bonds. The van der Waals surface area contributed by atoms with Gasteiger partial charge in [-0.15, -0.1) is 0 Å². The number of piperidine rings is 1. The molecule has 0 spiro atoms. The summed E-state index contributed by atoms with van der Waals surface area (Å²) in [5.41, 5.74) is -0.441. The van der Waals surface area contributed by atoms with Crippen LogP contribution >= 0.6 is 0 Å². The number of nitrogens with zero attached hydrogens (tertiary/aromatic N) is 1. The maximum atomic E-state index is 13.4. The summed E-state index contributed by atoms with van der Waals surface area (Å²) >= 11 is 0. The van der Waals surface area contributed by atoms with E-state index in [2.05, 4.69) is 4.72 Å². The van der Waals surface area contributed by atoms with Gasteiger partial charge in [0.05, 0.1) is 23.1 Å². The highest BCUT2D eigenvalue weighted by molar-refractivity contribution is 7.92. The van der Waals surface area contributed by atoms with Crippen LogP contribution in [0.15, 0.2) is 53.4 Å². The maximum Gasteiger partial charge on any atom is 0.261 e. The van der Waals surface area contributed by atoms with E-state index in [1.807, 2.05) is 20.8 Å². The summed E-state index contributed by atoms with van der Waals surface area (Å²) in [6.07, 6.45) is 1.30. The van der Waals surface area contributed by atoms with Crippen LogP contribution in [0.25, 0.3) is 0 Å². The van der Waals surface area contributed by atoms with Crippen LogP contribution < -0.4 is 14.4 Å². The Labute approximate surface area is 182 Å². The van der Waals surface area contributed by atoms with E-state index < -0.39 is 20.9 Å². The molecule has 1 aliphatic carbocycles. The van der Waals surface area contributed by atoms with Crippen molar-refractivity contribution in [3.8, 4) is 5.75 Å². The van der Waals surface area contributed by atoms with Gasteiger partial charge in [-0.25, -0.2) is 13.3 Å². The number of sulfonamides is 1. The molecule has 2 aromatic carbocycles. The molecule has 0 radical (unpaired) electrons. The Morgan fingerprint density at radius 2 is 1.74 bits per heavy atom. The highest BCUT2D eigenvalue weighted by Gasteiger charge is 2.64. The van der Waals surface area contributed by atoms with Gasteiger partial charge in [0.15, 0.2) is 0 Å². The van der Waals surface area contributed by atoms with Crippen molar-refractivity contribution in [1.82, 2.24) is 0 Å². The molecule has 0 aromatic heterocycles. The van der Waals surface area contributed by atoms with Gasteiger partial charge in [-0.2, -0.15) is 0 Å². The number of carbonyl (C=O) groups excluding carboxylic acids is 2. The average molecular weight is 443 g/mol. The number of carbonyl (C=O) groups is 2. The lowest BCUT2D eigenvalue weighted by molar-refractivity contribution is -0.146. The first kappa shape index (κ1) is 21.4. The number of ether oxygens (including phenoxy) is 1. The fourth-order valence-corrected chi connectivity index (χ4v) is 5.82. The van der Waals surface area contributed by atoms with Crippen molar-refractivity contribution in [3.63, 3.8) is 0 Å². The first-order valence-corrected chi connectivity index (χ1v) is 11.6. The number of hydrogen-bond acceptors (Lipinski definition) is 5. The second-order valence-electron chi connectivity index (χ2n) is 8.96. The van der Waals surface area contributed by atoms with Crippen LogP contribution in [0.2, 0.25) is 0 Å². The Morgan fingerprint density at radius 1 is 1.06 bits per heavy atom. The number of amides is 2. The van der Waals surface area contributed by atoms with Gasteiger partial charge in [0.2, 0.25) is 11.8 Å². The Balaban J connectivity index is 1.67. The third-order valence-electron chi connectivity index (χ3n) is 7.15. The summed E-state index contributed by atoms with van der Waals surface area (Å²) < 4.78 is 33.5. The van der Waals surface area contributed by atoms with E-state index in [1.54, 1.807) is 36.4 Å². The average Bonchev–Trinajstić information content (AvgIpc) is 2.91. The number of imide groups is 1. The number of anilines is 2. The van der Waals surface area contributed by atoms with Crippen molar-refractivity contribution >= 4 is 33.2 Å². The number of rotatable bonds is 5. The van der Waals surface area contributed by atoms with Crippen molar-refractivity contribution in [2.75, 3.05) is 16.7 Å². The molecule has 2 bridgehead atoms. The van der Waals surface area contributed by atoms with E-state index in [0.717, 1.165) is 0 Å². The largest absolute Gasteiger partial charge is 0.497 e. The molecule has 8 heteroatoms. The van der Waals surface area contributed by atoms with Gasteiger partial charge in [-0.1, -0.05) is 26.8 Å². The fourth-order valence-electron chi connectivity index (χ4n) is 4.73. The first-order chi connectivity index (χ1) is 14.5. The number of benzene rings is 2. The standard InChI is InChI=1S/C23H26N2O5S/c1-22(2)19-12-13-23(22,3)21(27)25(20(19)26)16-6-5-7-18(14-16)31(28,29)24-15-8-10-17(30-4)11-9-15/h5-11,14,19,24H,12-13H2,1-4H3/t19-,23+/m1/s1. The number of nitrogens with one attached hydrogen (secondary N) is 1. The minimum atomic E-state index is -3.92. The van der Waals surface area contributed by atoms with Crippen LogP contribution in [0.4, 0.5) is 11.4 Å². The Bertz CT molecular complexity index is 1160. The van der Waals surface area contributed by atoms with Crippen LogP contribution in [0.1, 0.15) is 33.6 Å². The monoisotopic (exact) mass is 442 g/mol. The molecule has 1 saturated carbocycles. The van der Waals surface area contributed by atoms with Crippen molar-refractivity contribution in [3.05, 3.63) is 48.5 Å². The second kappa shape index (κ2) is 7.09. The van der Waals surface area contributed by atoms with Crippen LogP contribution in [-0.4, -0.2) is 27.3 Å². The lowest BCUT2D eigenvalue weighted by Gasteiger charge is -2.47.